The van der Waals surface area contributed by atoms with Crippen molar-refractivity contribution in [1.29, 1.82) is 0 Å². The van der Waals surface area contributed by atoms with Crippen molar-refractivity contribution in [2.75, 3.05) is 7.11 Å². The van der Waals surface area contributed by atoms with Crippen LogP contribution in [0.3, 0.4) is 0 Å². The van der Waals surface area contributed by atoms with E-state index in [0.717, 1.165) is 5.56 Å². The SMILES string of the molecule is CCC1(CC)O[C@H](C(=O)OC)[C@@H](Cc2ccccc2)O1. The molecule has 2 rings (SSSR count). The monoisotopic (exact) mass is 278 g/mol. The average Bonchev–Trinajstić information content (AvgIpc) is 2.87. The Kier molecular flexibility index (Phi) is 4.78. The largest absolute Gasteiger partial charge is 0.467 e. The van der Waals surface area contributed by atoms with Crippen LogP contribution in [-0.4, -0.2) is 31.1 Å². The molecule has 0 N–H and O–H groups in total. The molecule has 4 heteroatoms. The van der Waals surface area contributed by atoms with Crippen molar-refractivity contribution in [3.8, 4) is 0 Å². The molecule has 0 radical (unpaired) electrons. The maximum Gasteiger partial charge on any atom is 0.337 e. The van der Waals surface area contributed by atoms with E-state index in [1.165, 1.54) is 7.11 Å². The minimum atomic E-state index is -0.668. The molecular weight excluding hydrogens is 256 g/mol. The zero-order valence-electron chi connectivity index (χ0n) is 12.3. The van der Waals surface area contributed by atoms with Gasteiger partial charge in [0.05, 0.1) is 7.11 Å². The summed E-state index contributed by atoms with van der Waals surface area (Å²) in [6.45, 7) is 4.01. The fraction of sp³-hybridized carbons (Fsp3) is 0.562. The third-order valence-electron chi connectivity index (χ3n) is 3.84. The lowest BCUT2D eigenvalue weighted by molar-refractivity contribution is -0.187. The van der Waals surface area contributed by atoms with E-state index in [4.69, 9.17) is 14.2 Å². The summed E-state index contributed by atoms with van der Waals surface area (Å²) in [5.74, 6) is -1.03. The molecule has 0 saturated carbocycles. The highest BCUT2D eigenvalue weighted by Crippen LogP contribution is 2.36. The van der Waals surface area contributed by atoms with Gasteiger partial charge in [-0.1, -0.05) is 44.2 Å². The molecule has 1 aromatic rings. The Labute approximate surface area is 120 Å². The van der Waals surface area contributed by atoms with Crippen LogP contribution in [0.5, 0.6) is 0 Å². The van der Waals surface area contributed by atoms with Crippen molar-refractivity contribution >= 4 is 5.97 Å². The van der Waals surface area contributed by atoms with Gasteiger partial charge in [0.1, 0.15) is 6.10 Å². The summed E-state index contributed by atoms with van der Waals surface area (Å²) < 4.78 is 16.8. The van der Waals surface area contributed by atoms with Gasteiger partial charge in [0.2, 0.25) is 0 Å². The molecule has 1 aliphatic heterocycles. The van der Waals surface area contributed by atoms with Crippen LogP contribution in [0.25, 0.3) is 0 Å². The summed E-state index contributed by atoms with van der Waals surface area (Å²) in [5.41, 5.74) is 1.12. The Morgan fingerprint density at radius 2 is 1.85 bits per heavy atom. The number of carbonyl (C=O) groups is 1. The Hall–Kier alpha value is -1.39. The number of methoxy groups -OCH3 is 1. The number of esters is 1. The standard InChI is InChI=1S/C16H22O4/c1-4-16(5-2)19-13(14(20-16)15(17)18-3)11-12-9-7-6-8-10-12/h6-10,13-14H,4-5,11H2,1-3H3/t13-,14+/m1/s1. The van der Waals surface area contributed by atoms with Crippen LogP contribution >= 0.6 is 0 Å². The van der Waals surface area contributed by atoms with Crippen molar-refractivity contribution in [3.63, 3.8) is 0 Å². The average molecular weight is 278 g/mol. The summed E-state index contributed by atoms with van der Waals surface area (Å²) in [5, 5.41) is 0. The van der Waals surface area contributed by atoms with E-state index in [0.29, 0.717) is 19.3 Å². The minimum Gasteiger partial charge on any atom is -0.467 e. The molecule has 0 unspecified atom stereocenters. The predicted molar refractivity (Wildman–Crippen MR) is 75.2 cm³/mol. The highest BCUT2D eigenvalue weighted by Gasteiger charge is 2.48. The van der Waals surface area contributed by atoms with Gasteiger partial charge in [-0.3, -0.25) is 0 Å². The number of benzene rings is 1. The molecule has 0 amide bonds. The fourth-order valence-electron chi connectivity index (χ4n) is 2.57. The van der Waals surface area contributed by atoms with Crippen molar-refractivity contribution in [2.24, 2.45) is 0 Å². The molecule has 4 nitrogen and oxygen atoms in total. The second kappa shape index (κ2) is 6.37. The number of hydrogen-bond acceptors (Lipinski definition) is 4. The van der Waals surface area contributed by atoms with Gasteiger partial charge in [0.25, 0.3) is 0 Å². The van der Waals surface area contributed by atoms with Gasteiger partial charge in [-0.05, 0) is 18.4 Å². The molecule has 0 spiro atoms. The zero-order valence-corrected chi connectivity index (χ0v) is 12.3. The van der Waals surface area contributed by atoms with E-state index in [-0.39, 0.29) is 12.1 Å². The molecule has 1 aliphatic rings. The molecular formula is C16H22O4. The van der Waals surface area contributed by atoms with Crippen molar-refractivity contribution in [1.82, 2.24) is 0 Å². The van der Waals surface area contributed by atoms with E-state index in [2.05, 4.69) is 0 Å². The van der Waals surface area contributed by atoms with Crippen LogP contribution in [0.15, 0.2) is 30.3 Å². The lowest BCUT2D eigenvalue weighted by Crippen LogP contribution is -2.34. The third-order valence-corrected chi connectivity index (χ3v) is 3.84. The van der Waals surface area contributed by atoms with Gasteiger partial charge in [-0.25, -0.2) is 4.79 Å². The summed E-state index contributed by atoms with van der Waals surface area (Å²) in [6, 6.07) is 9.97. The Morgan fingerprint density at radius 1 is 1.20 bits per heavy atom. The Balaban J connectivity index is 2.17. The second-order valence-electron chi connectivity index (χ2n) is 5.03. The summed E-state index contributed by atoms with van der Waals surface area (Å²) in [7, 11) is 1.38. The molecule has 20 heavy (non-hydrogen) atoms. The third kappa shape index (κ3) is 3.02. The number of ether oxygens (including phenoxy) is 3. The highest BCUT2D eigenvalue weighted by atomic mass is 16.8. The molecule has 1 fully saturated rings. The topological polar surface area (TPSA) is 44.8 Å². The van der Waals surface area contributed by atoms with E-state index >= 15 is 0 Å². The Morgan fingerprint density at radius 3 is 2.40 bits per heavy atom. The highest BCUT2D eigenvalue weighted by molar-refractivity contribution is 5.75. The van der Waals surface area contributed by atoms with Crippen molar-refractivity contribution in [3.05, 3.63) is 35.9 Å². The van der Waals surface area contributed by atoms with Gasteiger partial charge >= 0.3 is 5.97 Å². The predicted octanol–water partition coefficient (Wildman–Crippen LogP) is 2.70. The fourth-order valence-corrected chi connectivity index (χ4v) is 2.57. The maximum atomic E-state index is 11.9. The first-order valence-electron chi connectivity index (χ1n) is 7.11. The molecule has 2 atom stereocenters. The van der Waals surface area contributed by atoms with Gasteiger partial charge in [-0.15, -0.1) is 0 Å². The molecule has 1 saturated heterocycles. The van der Waals surface area contributed by atoms with Crippen LogP contribution in [0.4, 0.5) is 0 Å². The molecule has 1 heterocycles. The summed E-state index contributed by atoms with van der Waals surface area (Å²) >= 11 is 0. The normalized spacial score (nSPS) is 24.6. The lowest BCUT2D eigenvalue weighted by atomic mass is 10.0. The van der Waals surface area contributed by atoms with Gasteiger partial charge in [0, 0.05) is 6.42 Å². The lowest BCUT2D eigenvalue weighted by Gasteiger charge is -2.24. The minimum absolute atomic E-state index is 0.301. The van der Waals surface area contributed by atoms with Crippen molar-refractivity contribution < 1.29 is 19.0 Å². The maximum absolute atomic E-state index is 11.9. The number of rotatable bonds is 5. The first kappa shape index (κ1) is 15.0. The van der Waals surface area contributed by atoms with Crippen LogP contribution in [0.1, 0.15) is 32.3 Å². The zero-order chi connectivity index (χ0) is 14.6. The van der Waals surface area contributed by atoms with Crippen LogP contribution < -0.4 is 0 Å². The number of hydrogen-bond donors (Lipinski definition) is 0. The van der Waals surface area contributed by atoms with Crippen LogP contribution in [0.2, 0.25) is 0 Å². The van der Waals surface area contributed by atoms with E-state index in [1.54, 1.807) is 0 Å². The Bertz CT molecular complexity index is 439. The first-order valence-corrected chi connectivity index (χ1v) is 7.11. The molecule has 0 aromatic heterocycles. The van der Waals surface area contributed by atoms with Gasteiger partial charge in [-0.2, -0.15) is 0 Å². The van der Waals surface area contributed by atoms with Crippen LogP contribution in [-0.2, 0) is 25.4 Å². The molecule has 110 valence electrons. The van der Waals surface area contributed by atoms with E-state index in [9.17, 15) is 4.79 Å². The quantitative estimate of drug-likeness (QED) is 0.777. The van der Waals surface area contributed by atoms with Gasteiger partial charge in [0.15, 0.2) is 11.9 Å². The van der Waals surface area contributed by atoms with Crippen LogP contribution in [0, 0.1) is 0 Å². The smallest absolute Gasteiger partial charge is 0.337 e. The molecule has 0 bridgehead atoms. The first-order chi connectivity index (χ1) is 9.64. The second-order valence-corrected chi connectivity index (χ2v) is 5.03. The summed E-state index contributed by atoms with van der Waals surface area (Å²) in [4.78, 5) is 11.9. The van der Waals surface area contributed by atoms with Crippen molar-refractivity contribution in [2.45, 2.75) is 51.1 Å². The summed E-state index contributed by atoms with van der Waals surface area (Å²) in [6.07, 6.45) is 1.11. The molecule has 1 aromatic carbocycles. The van der Waals surface area contributed by atoms with E-state index < -0.39 is 11.9 Å². The van der Waals surface area contributed by atoms with E-state index in [1.807, 2.05) is 44.2 Å². The molecule has 0 aliphatic carbocycles. The van der Waals surface area contributed by atoms with Gasteiger partial charge < -0.3 is 14.2 Å². The number of carbonyl (C=O) groups excluding carboxylic acids is 1.